The Bertz CT molecular complexity index is 808. The summed E-state index contributed by atoms with van der Waals surface area (Å²) in [5.41, 5.74) is 2.77. The largest absolute Gasteiger partial charge is 0.497 e. The van der Waals surface area contributed by atoms with Gasteiger partial charge >= 0.3 is 0 Å². The third-order valence-corrected chi connectivity index (χ3v) is 5.36. The van der Waals surface area contributed by atoms with E-state index >= 15 is 0 Å². The monoisotopic (exact) mass is 333 g/mol. The smallest absolute Gasteiger partial charge is 0.261 e. The number of ether oxygens (including phenoxy) is 2. The number of methoxy groups -OCH3 is 2. The van der Waals surface area contributed by atoms with Crippen LogP contribution in [0.1, 0.15) is 17.5 Å². The molecule has 1 aliphatic rings. The lowest BCUT2D eigenvalue weighted by Crippen LogP contribution is -2.13. The molecular weight excluding hydrogens is 314 g/mol. The first-order valence-corrected chi connectivity index (χ1v) is 8.88. The Morgan fingerprint density at radius 3 is 2.22 bits per heavy atom. The highest BCUT2D eigenvalue weighted by atomic mass is 32.2. The van der Waals surface area contributed by atoms with E-state index in [1.165, 1.54) is 19.8 Å². The van der Waals surface area contributed by atoms with Crippen molar-refractivity contribution in [3.05, 3.63) is 47.5 Å². The lowest BCUT2D eigenvalue weighted by molar-refractivity contribution is 0.395. The Morgan fingerprint density at radius 2 is 1.57 bits per heavy atom. The summed E-state index contributed by atoms with van der Waals surface area (Å²) in [6.07, 6.45) is 3.04. The second-order valence-electron chi connectivity index (χ2n) is 5.49. The van der Waals surface area contributed by atoms with Crippen LogP contribution in [0.3, 0.4) is 0 Å². The molecule has 5 nitrogen and oxygen atoms in total. The van der Waals surface area contributed by atoms with Crippen molar-refractivity contribution < 1.29 is 17.9 Å². The highest BCUT2D eigenvalue weighted by Gasteiger charge is 2.19. The molecule has 0 heterocycles. The molecule has 0 aromatic heterocycles. The van der Waals surface area contributed by atoms with Crippen molar-refractivity contribution in [2.75, 3.05) is 18.9 Å². The van der Waals surface area contributed by atoms with Gasteiger partial charge in [0.25, 0.3) is 10.0 Å². The minimum absolute atomic E-state index is 0.278. The van der Waals surface area contributed by atoms with Crippen LogP contribution in [0.4, 0.5) is 5.69 Å². The summed E-state index contributed by atoms with van der Waals surface area (Å²) in [6.45, 7) is 0. The molecule has 0 bridgehead atoms. The molecule has 0 atom stereocenters. The van der Waals surface area contributed by atoms with E-state index in [0.717, 1.165) is 24.8 Å². The van der Waals surface area contributed by atoms with Gasteiger partial charge < -0.3 is 9.47 Å². The Morgan fingerprint density at radius 1 is 0.913 bits per heavy atom. The number of anilines is 1. The quantitative estimate of drug-likeness (QED) is 0.913. The third-order valence-electron chi connectivity index (χ3n) is 3.98. The van der Waals surface area contributed by atoms with Crippen LogP contribution in [0.5, 0.6) is 11.5 Å². The van der Waals surface area contributed by atoms with Crippen molar-refractivity contribution in [2.24, 2.45) is 0 Å². The molecule has 0 saturated carbocycles. The first-order chi connectivity index (χ1) is 11.0. The zero-order valence-electron chi connectivity index (χ0n) is 13.1. The summed E-state index contributed by atoms with van der Waals surface area (Å²) in [6, 6.07) is 10.3. The number of rotatable bonds is 5. The van der Waals surface area contributed by atoms with Gasteiger partial charge in [0, 0.05) is 18.2 Å². The summed E-state index contributed by atoms with van der Waals surface area (Å²) >= 11 is 0. The summed E-state index contributed by atoms with van der Waals surface area (Å²) < 4.78 is 38.1. The Kier molecular flexibility index (Phi) is 4.17. The van der Waals surface area contributed by atoms with E-state index in [1.807, 2.05) is 6.07 Å². The maximum absolute atomic E-state index is 12.6. The fourth-order valence-electron chi connectivity index (χ4n) is 2.80. The van der Waals surface area contributed by atoms with Crippen molar-refractivity contribution in [3.8, 4) is 11.5 Å². The van der Waals surface area contributed by atoms with Crippen LogP contribution in [0.2, 0.25) is 0 Å². The highest BCUT2D eigenvalue weighted by Crippen LogP contribution is 2.29. The molecule has 0 aliphatic heterocycles. The van der Waals surface area contributed by atoms with Gasteiger partial charge in [-0.2, -0.15) is 0 Å². The van der Waals surface area contributed by atoms with E-state index in [1.54, 1.807) is 30.3 Å². The molecule has 3 rings (SSSR count). The Hall–Kier alpha value is -2.21. The van der Waals surface area contributed by atoms with E-state index in [9.17, 15) is 8.42 Å². The van der Waals surface area contributed by atoms with Gasteiger partial charge in [-0.15, -0.1) is 0 Å². The number of benzene rings is 2. The number of hydrogen-bond acceptors (Lipinski definition) is 4. The van der Waals surface area contributed by atoms with Crippen LogP contribution < -0.4 is 14.2 Å². The molecule has 0 saturated heterocycles. The second kappa shape index (κ2) is 6.12. The van der Waals surface area contributed by atoms with Gasteiger partial charge in [-0.3, -0.25) is 4.72 Å². The van der Waals surface area contributed by atoms with E-state index in [0.29, 0.717) is 17.2 Å². The molecule has 2 aromatic rings. The Labute approximate surface area is 136 Å². The SMILES string of the molecule is COc1cc(NS(=O)(=O)c2ccc3c(c2)CCC3)cc(OC)c1. The van der Waals surface area contributed by atoms with Crippen molar-refractivity contribution in [3.63, 3.8) is 0 Å². The first-order valence-electron chi connectivity index (χ1n) is 7.39. The molecule has 0 fully saturated rings. The van der Waals surface area contributed by atoms with Gasteiger partial charge in [-0.05, 0) is 42.5 Å². The average Bonchev–Trinajstić information content (AvgIpc) is 3.01. The fourth-order valence-corrected chi connectivity index (χ4v) is 3.89. The standard InChI is InChI=1S/C17H19NO4S/c1-21-15-9-14(10-16(11-15)22-2)18-23(19,20)17-7-6-12-4-3-5-13(12)8-17/h6-11,18H,3-5H2,1-2H3. The van der Waals surface area contributed by atoms with Gasteiger partial charge in [0.05, 0.1) is 24.8 Å². The van der Waals surface area contributed by atoms with E-state index in [-0.39, 0.29) is 4.90 Å². The average molecular weight is 333 g/mol. The Balaban J connectivity index is 1.92. The molecule has 122 valence electrons. The summed E-state index contributed by atoms with van der Waals surface area (Å²) in [5.74, 6) is 1.05. The van der Waals surface area contributed by atoms with Crippen LogP contribution in [0.15, 0.2) is 41.3 Å². The molecule has 23 heavy (non-hydrogen) atoms. The normalized spacial score (nSPS) is 13.5. The number of sulfonamides is 1. The van der Waals surface area contributed by atoms with Gasteiger partial charge in [0.2, 0.25) is 0 Å². The molecule has 0 spiro atoms. The lowest BCUT2D eigenvalue weighted by Gasteiger charge is -2.12. The van der Waals surface area contributed by atoms with Crippen LogP contribution in [0, 0.1) is 0 Å². The number of fused-ring (bicyclic) bond motifs is 1. The van der Waals surface area contributed by atoms with Crippen LogP contribution in [-0.4, -0.2) is 22.6 Å². The first kappa shape index (κ1) is 15.7. The molecule has 1 N–H and O–H groups in total. The van der Waals surface area contributed by atoms with Crippen LogP contribution in [-0.2, 0) is 22.9 Å². The maximum atomic E-state index is 12.6. The third kappa shape index (κ3) is 3.27. The van der Waals surface area contributed by atoms with Gasteiger partial charge in [-0.25, -0.2) is 8.42 Å². The van der Waals surface area contributed by atoms with Gasteiger partial charge in [-0.1, -0.05) is 6.07 Å². The van der Waals surface area contributed by atoms with Gasteiger partial charge in [0.1, 0.15) is 11.5 Å². The summed E-state index contributed by atoms with van der Waals surface area (Å²) in [7, 11) is -0.603. The number of aryl methyl sites for hydroxylation is 2. The predicted molar refractivity (Wildman–Crippen MR) is 88.8 cm³/mol. The van der Waals surface area contributed by atoms with E-state index < -0.39 is 10.0 Å². The van der Waals surface area contributed by atoms with Crippen molar-refractivity contribution in [1.82, 2.24) is 0 Å². The summed E-state index contributed by atoms with van der Waals surface area (Å²) in [4.78, 5) is 0.278. The molecule has 1 aliphatic carbocycles. The molecule has 0 amide bonds. The molecule has 6 heteroatoms. The van der Waals surface area contributed by atoms with Crippen LogP contribution >= 0.6 is 0 Å². The molecular formula is C17H19NO4S. The zero-order chi connectivity index (χ0) is 16.4. The van der Waals surface area contributed by atoms with E-state index in [2.05, 4.69) is 4.72 Å². The number of nitrogens with one attached hydrogen (secondary N) is 1. The van der Waals surface area contributed by atoms with Crippen molar-refractivity contribution >= 4 is 15.7 Å². The predicted octanol–water partition coefficient (Wildman–Crippen LogP) is 2.99. The van der Waals surface area contributed by atoms with E-state index in [4.69, 9.17) is 9.47 Å². The number of hydrogen-bond donors (Lipinski definition) is 1. The van der Waals surface area contributed by atoms with Gasteiger partial charge in [0.15, 0.2) is 0 Å². The minimum Gasteiger partial charge on any atom is -0.497 e. The maximum Gasteiger partial charge on any atom is 0.261 e. The molecule has 0 radical (unpaired) electrons. The topological polar surface area (TPSA) is 64.6 Å². The molecule has 0 unspecified atom stereocenters. The molecule has 2 aromatic carbocycles. The summed E-state index contributed by atoms with van der Waals surface area (Å²) in [5, 5.41) is 0. The zero-order valence-corrected chi connectivity index (χ0v) is 13.9. The minimum atomic E-state index is -3.65. The lowest BCUT2D eigenvalue weighted by atomic mass is 10.1. The second-order valence-corrected chi connectivity index (χ2v) is 7.17. The van der Waals surface area contributed by atoms with Crippen molar-refractivity contribution in [1.29, 1.82) is 0 Å². The highest BCUT2D eigenvalue weighted by molar-refractivity contribution is 7.92. The fraction of sp³-hybridized carbons (Fsp3) is 0.294. The van der Waals surface area contributed by atoms with Crippen LogP contribution in [0.25, 0.3) is 0 Å². The van der Waals surface area contributed by atoms with Crippen molar-refractivity contribution in [2.45, 2.75) is 24.2 Å².